The molecule has 108 valence electrons. The molecule has 21 heavy (non-hydrogen) atoms. The fraction of sp³-hybridized carbons (Fsp3) is 0.267. The molecule has 0 aliphatic heterocycles. The number of nitrogens with one attached hydrogen (secondary N) is 1. The van der Waals surface area contributed by atoms with E-state index in [-0.39, 0.29) is 0 Å². The molecule has 0 fully saturated rings. The van der Waals surface area contributed by atoms with Gasteiger partial charge in [-0.1, -0.05) is 12.1 Å². The van der Waals surface area contributed by atoms with Gasteiger partial charge >= 0.3 is 0 Å². The van der Waals surface area contributed by atoms with Gasteiger partial charge in [-0.3, -0.25) is 4.68 Å². The summed E-state index contributed by atoms with van der Waals surface area (Å²) in [6.07, 6.45) is 6.28. The molecule has 0 bridgehead atoms. The second kappa shape index (κ2) is 6.32. The molecule has 0 atom stereocenters. The van der Waals surface area contributed by atoms with E-state index in [1.54, 1.807) is 17.2 Å². The quantitative estimate of drug-likeness (QED) is 0.693. The first-order chi connectivity index (χ1) is 10.3. The normalized spacial score (nSPS) is 10.9. The van der Waals surface area contributed by atoms with Gasteiger partial charge in [0, 0.05) is 39.0 Å². The van der Waals surface area contributed by atoms with E-state index in [0.29, 0.717) is 0 Å². The molecule has 0 unspecified atom stereocenters. The number of benzene rings is 1. The molecule has 2 heterocycles. The largest absolute Gasteiger partial charge is 0.312 e. The second-order valence-electron chi connectivity index (χ2n) is 4.88. The molecule has 6 heteroatoms. The van der Waals surface area contributed by atoms with Crippen LogP contribution in [0.5, 0.6) is 0 Å². The molecule has 0 aliphatic carbocycles. The summed E-state index contributed by atoms with van der Waals surface area (Å²) in [4.78, 5) is 4.20. The van der Waals surface area contributed by atoms with Crippen LogP contribution >= 0.6 is 0 Å². The predicted molar refractivity (Wildman–Crippen MR) is 80.0 cm³/mol. The second-order valence-corrected chi connectivity index (χ2v) is 4.88. The molecule has 0 saturated carbocycles. The first-order valence-electron chi connectivity index (χ1n) is 6.95. The highest BCUT2D eigenvalue weighted by molar-refractivity contribution is 5.33. The van der Waals surface area contributed by atoms with Crippen LogP contribution < -0.4 is 5.32 Å². The lowest BCUT2D eigenvalue weighted by Gasteiger charge is -2.05. The third-order valence-electron chi connectivity index (χ3n) is 3.21. The molecule has 0 amide bonds. The van der Waals surface area contributed by atoms with Crippen molar-refractivity contribution in [2.75, 3.05) is 6.54 Å². The van der Waals surface area contributed by atoms with Gasteiger partial charge in [-0.15, -0.1) is 0 Å². The minimum atomic E-state index is 0.839. The van der Waals surface area contributed by atoms with E-state index in [1.165, 1.54) is 5.56 Å². The van der Waals surface area contributed by atoms with E-state index in [1.807, 2.05) is 24.0 Å². The summed E-state index contributed by atoms with van der Waals surface area (Å²) >= 11 is 0. The van der Waals surface area contributed by atoms with Crippen LogP contribution in [0.4, 0.5) is 0 Å². The smallest absolute Gasteiger partial charge is 0.151 e. The topological polar surface area (TPSA) is 60.6 Å². The zero-order valence-electron chi connectivity index (χ0n) is 12.0. The molecule has 0 radical (unpaired) electrons. The van der Waals surface area contributed by atoms with Crippen LogP contribution in [0.3, 0.4) is 0 Å². The molecule has 1 aromatic carbocycles. The van der Waals surface area contributed by atoms with Crippen molar-refractivity contribution in [1.29, 1.82) is 0 Å². The number of aryl methyl sites for hydroxylation is 1. The van der Waals surface area contributed by atoms with Gasteiger partial charge in [0.15, 0.2) is 5.82 Å². The minimum absolute atomic E-state index is 0.839. The Morgan fingerprint density at radius 2 is 2.05 bits per heavy atom. The van der Waals surface area contributed by atoms with Crippen molar-refractivity contribution in [3.63, 3.8) is 0 Å². The summed E-state index contributed by atoms with van der Waals surface area (Å²) in [7, 11) is 1.88. The average molecular weight is 282 g/mol. The van der Waals surface area contributed by atoms with E-state index < -0.39 is 0 Å². The van der Waals surface area contributed by atoms with Crippen LogP contribution in [0, 0.1) is 0 Å². The van der Waals surface area contributed by atoms with Crippen LogP contribution in [-0.2, 0) is 20.0 Å². The average Bonchev–Trinajstić information content (AvgIpc) is 3.16. The van der Waals surface area contributed by atoms with E-state index in [4.69, 9.17) is 0 Å². The highest BCUT2D eigenvalue weighted by Gasteiger charge is 1.99. The minimum Gasteiger partial charge on any atom is -0.312 e. The highest BCUT2D eigenvalue weighted by Crippen LogP contribution is 2.08. The van der Waals surface area contributed by atoms with E-state index >= 15 is 0 Å². The van der Waals surface area contributed by atoms with Crippen molar-refractivity contribution >= 4 is 0 Å². The van der Waals surface area contributed by atoms with Crippen LogP contribution in [0.25, 0.3) is 5.69 Å². The van der Waals surface area contributed by atoms with Gasteiger partial charge in [-0.05, 0) is 23.8 Å². The molecule has 3 rings (SSSR count). The fourth-order valence-corrected chi connectivity index (χ4v) is 2.12. The SMILES string of the molecule is Cn1cnc(CCNCc2ccc(-n3cccn3)cc2)n1. The Labute approximate surface area is 123 Å². The molecular weight excluding hydrogens is 264 g/mol. The van der Waals surface area contributed by atoms with Crippen molar-refractivity contribution in [2.24, 2.45) is 7.05 Å². The Hall–Kier alpha value is -2.47. The summed E-state index contributed by atoms with van der Waals surface area (Å²) < 4.78 is 3.58. The van der Waals surface area contributed by atoms with Crippen molar-refractivity contribution in [2.45, 2.75) is 13.0 Å². The van der Waals surface area contributed by atoms with E-state index in [9.17, 15) is 0 Å². The van der Waals surface area contributed by atoms with E-state index in [0.717, 1.165) is 31.0 Å². The van der Waals surface area contributed by atoms with Crippen LogP contribution in [0.2, 0.25) is 0 Å². The van der Waals surface area contributed by atoms with Gasteiger partial charge in [-0.25, -0.2) is 9.67 Å². The van der Waals surface area contributed by atoms with Gasteiger partial charge in [0.2, 0.25) is 0 Å². The number of hydrogen-bond donors (Lipinski definition) is 1. The molecule has 3 aromatic rings. The van der Waals surface area contributed by atoms with Gasteiger partial charge < -0.3 is 5.32 Å². The molecule has 0 aliphatic rings. The lowest BCUT2D eigenvalue weighted by molar-refractivity contribution is 0.661. The molecule has 1 N–H and O–H groups in total. The summed E-state index contributed by atoms with van der Waals surface area (Å²) in [6, 6.07) is 10.3. The Morgan fingerprint density at radius 1 is 1.19 bits per heavy atom. The first kappa shape index (κ1) is 13.5. The Morgan fingerprint density at radius 3 is 2.71 bits per heavy atom. The van der Waals surface area contributed by atoms with Crippen molar-refractivity contribution in [1.82, 2.24) is 29.9 Å². The number of nitrogens with zero attached hydrogens (tertiary/aromatic N) is 5. The maximum atomic E-state index is 4.25. The van der Waals surface area contributed by atoms with Crippen molar-refractivity contribution in [3.05, 3.63) is 60.4 Å². The molecule has 2 aromatic heterocycles. The number of hydrogen-bond acceptors (Lipinski definition) is 4. The lowest BCUT2D eigenvalue weighted by atomic mass is 10.2. The van der Waals surface area contributed by atoms with Crippen LogP contribution in [0.15, 0.2) is 49.1 Å². The summed E-state index contributed by atoms with van der Waals surface area (Å²) in [5.41, 5.74) is 2.32. The Balaban J connectivity index is 1.47. The van der Waals surface area contributed by atoms with Gasteiger partial charge in [0.1, 0.15) is 6.33 Å². The maximum Gasteiger partial charge on any atom is 0.151 e. The van der Waals surface area contributed by atoms with Gasteiger partial charge in [0.25, 0.3) is 0 Å². The van der Waals surface area contributed by atoms with Crippen molar-refractivity contribution in [3.8, 4) is 5.69 Å². The third-order valence-corrected chi connectivity index (χ3v) is 3.21. The lowest BCUT2D eigenvalue weighted by Crippen LogP contribution is -2.17. The molecular formula is C15H18N6. The Bertz CT molecular complexity index is 669. The predicted octanol–water partition coefficient (Wildman–Crippen LogP) is 1.33. The highest BCUT2D eigenvalue weighted by atomic mass is 15.3. The molecule has 6 nitrogen and oxygen atoms in total. The van der Waals surface area contributed by atoms with Gasteiger partial charge in [0.05, 0.1) is 5.69 Å². The van der Waals surface area contributed by atoms with Gasteiger partial charge in [-0.2, -0.15) is 10.2 Å². The fourth-order valence-electron chi connectivity index (χ4n) is 2.12. The zero-order valence-corrected chi connectivity index (χ0v) is 12.0. The Kier molecular flexibility index (Phi) is 4.07. The van der Waals surface area contributed by atoms with Crippen LogP contribution in [-0.4, -0.2) is 31.1 Å². The summed E-state index contributed by atoms with van der Waals surface area (Å²) in [6.45, 7) is 1.71. The first-order valence-corrected chi connectivity index (χ1v) is 6.95. The molecule has 0 spiro atoms. The van der Waals surface area contributed by atoms with E-state index in [2.05, 4.69) is 44.8 Å². The monoisotopic (exact) mass is 282 g/mol. The maximum absolute atomic E-state index is 4.25. The summed E-state index contributed by atoms with van der Waals surface area (Å²) in [5, 5.41) is 11.9. The molecule has 0 saturated heterocycles. The standard InChI is InChI=1S/C15H18N6/c1-20-12-17-15(19-20)7-9-16-11-13-3-5-14(6-4-13)21-10-2-8-18-21/h2-6,8,10,12,16H,7,9,11H2,1H3. The number of aromatic nitrogens is 5. The zero-order chi connectivity index (χ0) is 14.5. The number of rotatable bonds is 6. The summed E-state index contributed by atoms with van der Waals surface area (Å²) in [5.74, 6) is 0.874. The third kappa shape index (κ3) is 3.55. The van der Waals surface area contributed by atoms with Crippen LogP contribution in [0.1, 0.15) is 11.4 Å². The van der Waals surface area contributed by atoms with Crippen molar-refractivity contribution < 1.29 is 0 Å².